The van der Waals surface area contributed by atoms with Crippen LogP contribution in [-0.4, -0.2) is 37.6 Å². The van der Waals surface area contributed by atoms with Gasteiger partial charge >= 0.3 is 12.1 Å². The molecular formula is C9H16N2O3. The third-order valence-corrected chi connectivity index (χ3v) is 1.57. The summed E-state index contributed by atoms with van der Waals surface area (Å²) >= 11 is 0. The second kappa shape index (κ2) is 6.15. The Labute approximate surface area is 83.5 Å². The average Bonchev–Trinajstić information content (AvgIpc) is 2.01. The van der Waals surface area contributed by atoms with Gasteiger partial charge in [0.25, 0.3) is 0 Å². The zero-order valence-corrected chi connectivity index (χ0v) is 8.58. The number of hydrogen-bond acceptors (Lipinski definition) is 4. The van der Waals surface area contributed by atoms with Gasteiger partial charge in [-0.25, -0.2) is 9.59 Å². The van der Waals surface area contributed by atoms with Gasteiger partial charge < -0.3 is 15.4 Å². The summed E-state index contributed by atoms with van der Waals surface area (Å²) in [6.45, 7) is 4.35. The summed E-state index contributed by atoms with van der Waals surface area (Å²) in [5.74, 6) is -0.740. The van der Waals surface area contributed by atoms with Crippen molar-refractivity contribution in [3.8, 4) is 0 Å². The predicted molar refractivity (Wildman–Crippen MR) is 52.6 cm³/mol. The normalized spacial score (nSPS) is 9.93. The van der Waals surface area contributed by atoms with Crippen molar-refractivity contribution >= 4 is 12.1 Å². The van der Waals surface area contributed by atoms with Gasteiger partial charge in [0, 0.05) is 5.57 Å². The summed E-state index contributed by atoms with van der Waals surface area (Å²) in [7, 11) is 3.87. The van der Waals surface area contributed by atoms with Crippen molar-refractivity contribution < 1.29 is 14.3 Å². The Morgan fingerprint density at radius 3 is 2.43 bits per heavy atom. The molecule has 0 aliphatic rings. The second-order valence-electron chi connectivity index (χ2n) is 3.22. The summed E-state index contributed by atoms with van der Waals surface area (Å²) in [4.78, 5) is 23.2. The van der Waals surface area contributed by atoms with Crippen molar-refractivity contribution in [1.29, 1.82) is 0 Å². The fraction of sp³-hybridized carbons (Fsp3) is 0.556. The monoisotopic (exact) mass is 200 g/mol. The number of nitrogens with zero attached hydrogens (tertiary/aromatic N) is 1. The van der Waals surface area contributed by atoms with Crippen LogP contribution < -0.4 is 5.73 Å². The van der Waals surface area contributed by atoms with Crippen LogP contribution in [0, 0.1) is 0 Å². The van der Waals surface area contributed by atoms with E-state index in [2.05, 4.69) is 17.0 Å². The van der Waals surface area contributed by atoms with Crippen molar-refractivity contribution in [3.05, 3.63) is 12.2 Å². The van der Waals surface area contributed by atoms with E-state index < -0.39 is 12.1 Å². The Hall–Kier alpha value is -1.36. The van der Waals surface area contributed by atoms with E-state index in [-0.39, 0.29) is 5.57 Å². The highest BCUT2D eigenvalue weighted by Gasteiger charge is 2.10. The molecule has 0 bridgehead atoms. The van der Waals surface area contributed by atoms with Gasteiger partial charge in [-0.15, -0.1) is 0 Å². The fourth-order valence-corrected chi connectivity index (χ4v) is 0.874. The summed E-state index contributed by atoms with van der Waals surface area (Å²) in [6.07, 6.45) is 0.202. The van der Waals surface area contributed by atoms with Crippen molar-refractivity contribution in [2.75, 3.05) is 20.6 Å². The lowest BCUT2D eigenvalue weighted by atomic mass is 10.1. The smallest absolute Gasteiger partial charge is 0.373 e. The molecule has 0 aliphatic heterocycles. The number of carbonyl (C=O) groups excluding carboxylic acids is 2. The van der Waals surface area contributed by atoms with Crippen LogP contribution in [0.5, 0.6) is 0 Å². The largest absolute Gasteiger partial charge is 0.412 e. The van der Waals surface area contributed by atoms with E-state index in [0.717, 1.165) is 13.0 Å². The molecule has 0 unspecified atom stereocenters. The van der Waals surface area contributed by atoms with Crippen molar-refractivity contribution in [2.24, 2.45) is 5.73 Å². The molecule has 0 aromatic heterocycles. The Balaban J connectivity index is 3.74. The first kappa shape index (κ1) is 12.6. The van der Waals surface area contributed by atoms with Crippen molar-refractivity contribution in [1.82, 2.24) is 4.90 Å². The SMILES string of the molecule is C=C(CCCN(C)C)C(=O)OC(N)=O. The Kier molecular flexibility index (Phi) is 5.55. The fourth-order valence-electron chi connectivity index (χ4n) is 0.874. The third kappa shape index (κ3) is 6.19. The first-order chi connectivity index (χ1) is 6.43. The summed E-state index contributed by atoms with van der Waals surface area (Å²) in [5, 5.41) is 0. The first-order valence-electron chi connectivity index (χ1n) is 4.27. The quantitative estimate of drug-likeness (QED) is 0.398. The standard InChI is InChI=1S/C9H16N2O3/c1-7(5-4-6-11(2)3)8(12)14-9(10)13/h1,4-6H2,2-3H3,(H2,10,13). The topological polar surface area (TPSA) is 72.6 Å². The number of rotatable bonds is 5. The van der Waals surface area contributed by atoms with Crippen LogP contribution in [0.4, 0.5) is 4.79 Å². The highest BCUT2D eigenvalue weighted by atomic mass is 16.6. The number of hydrogen-bond donors (Lipinski definition) is 1. The number of primary amides is 1. The maximum atomic E-state index is 11.0. The van der Waals surface area contributed by atoms with Gasteiger partial charge in [-0.3, -0.25) is 0 Å². The molecule has 5 nitrogen and oxygen atoms in total. The third-order valence-electron chi connectivity index (χ3n) is 1.57. The molecule has 0 aromatic rings. The molecule has 0 saturated heterocycles. The van der Waals surface area contributed by atoms with Crippen LogP contribution >= 0.6 is 0 Å². The van der Waals surface area contributed by atoms with Crippen LogP contribution in [0.15, 0.2) is 12.2 Å². The zero-order chi connectivity index (χ0) is 11.1. The molecular weight excluding hydrogens is 184 g/mol. The van der Waals surface area contributed by atoms with E-state index >= 15 is 0 Å². The lowest BCUT2D eigenvalue weighted by molar-refractivity contribution is -0.132. The van der Waals surface area contributed by atoms with Crippen molar-refractivity contribution in [2.45, 2.75) is 12.8 Å². The summed E-state index contributed by atoms with van der Waals surface area (Å²) in [5.41, 5.74) is 4.95. The molecule has 0 aliphatic carbocycles. The van der Waals surface area contributed by atoms with E-state index in [9.17, 15) is 9.59 Å². The van der Waals surface area contributed by atoms with Gasteiger partial charge in [0.1, 0.15) is 0 Å². The molecule has 0 radical (unpaired) electrons. The van der Waals surface area contributed by atoms with Crippen LogP contribution in [0.1, 0.15) is 12.8 Å². The molecule has 14 heavy (non-hydrogen) atoms. The van der Waals surface area contributed by atoms with Crippen LogP contribution in [0.3, 0.4) is 0 Å². The van der Waals surface area contributed by atoms with E-state index in [1.165, 1.54) is 0 Å². The maximum absolute atomic E-state index is 11.0. The Bertz CT molecular complexity index is 236. The molecule has 1 amide bonds. The summed E-state index contributed by atoms with van der Waals surface area (Å²) < 4.78 is 4.16. The molecule has 0 spiro atoms. The number of nitrogens with two attached hydrogens (primary N) is 1. The van der Waals surface area contributed by atoms with E-state index in [1.54, 1.807) is 0 Å². The number of carbonyl (C=O) groups is 2. The minimum absolute atomic E-state index is 0.269. The molecule has 80 valence electrons. The lowest BCUT2D eigenvalue weighted by Gasteiger charge is -2.09. The highest BCUT2D eigenvalue weighted by molar-refractivity contribution is 5.94. The van der Waals surface area contributed by atoms with Crippen molar-refractivity contribution in [3.63, 3.8) is 0 Å². The Morgan fingerprint density at radius 2 is 2.00 bits per heavy atom. The number of amides is 1. The first-order valence-corrected chi connectivity index (χ1v) is 4.27. The average molecular weight is 200 g/mol. The van der Waals surface area contributed by atoms with Gasteiger partial charge in [-0.2, -0.15) is 0 Å². The minimum atomic E-state index is -1.09. The van der Waals surface area contributed by atoms with Gasteiger partial charge in [-0.05, 0) is 33.5 Å². The molecule has 0 fully saturated rings. The minimum Gasteiger partial charge on any atom is -0.373 e. The number of esters is 1. The second-order valence-corrected chi connectivity index (χ2v) is 3.22. The van der Waals surface area contributed by atoms with E-state index in [4.69, 9.17) is 0 Å². The molecule has 0 atom stereocenters. The predicted octanol–water partition coefficient (Wildman–Crippen LogP) is 0.506. The molecule has 0 saturated carbocycles. The summed E-state index contributed by atoms with van der Waals surface area (Å²) in [6, 6.07) is 0. The van der Waals surface area contributed by atoms with Gasteiger partial charge in [0.2, 0.25) is 0 Å². The van der Waals surface area contributed by atoms with Gasteiger partial charge in [-0.1, -0.05) is 6.58 Å². The van der Waals surface area contributed by atoms with E-state index in [0.29, 0.717) is 6.42 Å². The van der Waals surface area contributed by atoms with Gasteiger partial charge in [0.05, 0.1) is 0 Å². The zero-order valence-electron chi connectivity index (χ0n) is 8.58. The molecule has 2 N–H and O–H groups in total. The van der Waals surface area contributed by atoms with Gasteiger partial charge in [0.15, 0.2) is 0 Å². The Morgan fingerprint density at radius 1 is 1.43 bits per heavy atom. The number of ether oxygens (including phenoxy) is 1. The molecule has 0 heterocycles. The molecule has 0 aromatic carbocycles. The highest BCUT2D eigenvalue weighted by Crippen LogP contribution is 2.04. The molecule has 0 rings (SSSR count). The molecule has 5 heteroatoms. The lowest BCUT2D eigenvalue weighted by Crippen LogP contribution is -2.20. The van der Waals surface area contributed by atoms with E-state index in [1.807, 2.05) is 19.0 Å². The van der Waals surface area contributed by atoms with Crippen LogP contribution in [0.2, 0.25) is 0 Å². The van der Waals surface area contributed by atoms with Crippen LogP contribution in [0.25, 0.3) is 0 Å². The maximum Gasteiger partial charge on any atom is 0.412 e. The van der Waals surface area contributed by atoms with Crippen LogP contribution in [-0.2, 0) is 9.53 Å².